The van der Waals surface area contributed by atoms with Crippen molar-refractivity contribution in [3.05, 3.63) is 53.4 Å². The number of sulfonamides is 1. The lowest BCUT2D eigenvalue weighted by Crippen LogP contribution is -2.38. The molecule has 3 rings (SSSR count). The third-order valence-corrected chi connectivity index (χ3v) is 5.16. The first-order chi connectivity index (χ1) is 14.8. The van der Waals surface area contributed by atoms with Crippen molar-refractivity contribution in [2.45, 2.75) is 31.7 Å². The summed E-state index contributed by atoms with van der Waals surface area (Å²) >= 11 is 0. The molecule has 0 bridgehead atoms. The van der Waals surface area contributed by atoms with E-state index in [1.807, 2.05) is 10.7 Å². The van der Waals surface area contributed by atoms with Crippen molar-refractivity contribution in [1.29, 1.82) is 0 Å². The summed E-state index contributed by atoms with van der Waals surface area (Å²) in [4.78, 5) is 11.0. The van der Waals surface area contributed by atoms with E-state index >= 15 is 0 Å². The van der Waals surface area contributed by atoms with Crippen LogP contribution in [0.4, 0.5) is 22.0 Å². The minimum atomic E-state index is -5.08. The molecule has 2 N–H and O–H groups in total. The number of hydrogen-bond donors (Lipinski definition) is 2. The smallest absolute Gasteiger partial charge is 0.475 e. The Balaban J connectivity index is 0.000000451. The number of alkyl halides is 3. The predicted molar refractivity (Wildman–Crippen MR) is 103 cm³/mol. The molecule has 1 aromatic carbocycles. The quantitative estimate of drug-likeness (QED) is 0.610. The van der Waals surface area contributed by atoms with Gasteiger partial charge in [0, 0.05) is 32.4 Å². The molecule has 1 aliphatic rings. The summed E-state index contributed by atoms with van der Waals surface area (Å²) in [5.41, 5.74) is 1.71. The zero-order valence-electron chi connectivity index (χ0n) is 16.8. The lowest BCUT2D eigenvalue weighted by atomic mass is 10.1. The van der Waals surface area contributed by atoms with Crippen LogP contribution in [-0.2, 0) is 27.9 Å². The number of hydrogen-bond acceptors (Lipinski definition) is 5. The summed E-state index contributed by atoms with van der Waals surface area (Å²) in [6.45, 7) is 2.11. The van der Waals surface area contributed by atoms with Crippen LogP contribution in [-0.4, -0.2) is 59.7 Å². The number of fused-ring (bicyclic) bond motifs is 1. The number of carbonyl (C=O) groups is 1. The molecule has 0 spiro atoms. The van der Waals surface area contributed by atoms with Crippen LogP contribution in [0.3, 0.4) is 0 Å². The lowest BCUT2D eigenvalue weighted by molar-refractivity contribution is -0.192. The molecule has 1 atom stereocenters. The molecule has 1 aromatic heterocycles. The number of nitrogens with zero attached hydrogens (tertiary/aromatic N) is 3. The molecule has 8 nitrogen and oxygen atoms in total. The Morgan fingerprint density at radius 1 is 1.25 bits per heavy atom. The lowest BCUT2D eigenvalue weighted by Gasteiger charge is -2.34. The summed E-state index contributed by atoms with van der Waals surface area (Å²) in [6, 6.07) is 5.84. The van der Waals surface area contributed by atoms with Gasteiger partial charge in [-0.2, -0.15) is 18.3 Å². The van der Waals surface area contributed by atoms with Crippen molar-refractivity contribution in [2.24, 2.45) is 0 Å². The largest absolute Gasteiger partial charge is 0.490 e. The second-order valence-electron chi connectivity index (χ2n) is 7.10. The predicted octanol–water partition coefficient (Wildman–Crippen LogP) is 2.29. The highest BCUT2D eigenvalue weighted by molar-refractivity contribution is 7.88. The Morgan fingerprint density at radius 2 is 1.91 bits per heavy atom. The first-order valence-electron chi connectivity index (χ1n) is 9.19. The summed E-state index contributed by atoms with van der Waals surface area (Å²) in [7, 11) is -3.23. The van der Waals surface area contributed by atoms with E-state index in [-0.39, 0.29) is 6.04 Å². The third kappa shape index (κ3) is 7.84. The number of carboxylic acid groups (broad SMARTS) is 1. The van der Waals surface area contributed by atoms with Gasteiger partial charge in [-0.15, -0.1) is 0 Å². The normalized spacial score (nSPS) is 16.8. The topological polar surface area (TPSA) is 105 Å². The van der Waals surface area contributed by atoms with E-state index in [1.54, 1.807) is 12.3 Å². The monoisotopic (exact) mass is 484 g/mol. The van der Waals surface area contributed by atoms with Crippen LogP contribution in [0.1, 0.15) is 23.7 Å². The third-order valence-electron chi connectivity index (χ3n) is 4.43. The van der Waals surface area contributed by atoms with Crippen LogP contribution in [0.25, 0.3) is 0 Å². The average Bonchev–Trinajstić information content (AvgIpc) is 3.12. The molecule has 0 aliphatic carbocycles. The van der Waals surface area contributed by atoms with Gasteiger partial charge in [-0.05, 0) is 30.2 Å². The number of carboxylic acids is 1. The standard InChI is InChI=1S/C16H20F2N4O2S.C2HF3O2/c1-25(23,24)20-7-5-14-11-21(10-13-4-6-19-22(13)14)9-12-2-3-15(17)16(18)8-12;3-2(4,5)1(6)7/h2-4,6,8,14,20H,5,7,9-11H2,1H3;(H,6,7). The van der Waals surface area contributed by atoms with E-state index in [1.165, 1.54) is 6.07 Å². The highest BCUT2D eigenvalue weighted by Crippen LogP contribution is 2.24. The molecule has 32 heavy (non-hydrogen) atoms. The first kappa shape index (κ1) is 25.7. The molecule has 1 unspecified atom stereocenters. The Labute approximate surface area is 180 Å². The van der Waals surface area contributed by atoms with Crippen molar-refractivity contribution in [3.63, 3.8) is 0 Å². The van der Waals surface area contributed by atoms with E-state index in [0.29, 0.717) is 38.2 Å². The summed E-state index contributed by atoms with van der Waals surface area (Å²) in [6.07, 6.45) is -1.65. The van der Waals surface area contributed by atoms with Crippen LogP contribution in [0.15, 0.2) is 30.5 Å². The van der Waals surface area contributed by atoms with E-state index in [2.05, 4.69) is 14.7 Å². The van der Waals surface area contributed by atoms with E-state index in [4.69, 9.17) is 9.90 Å². The molecule has 0 saturated heterocycles. The van der Waals surface area contributed by atoms with Gasteiger partial charge in [0.2, 0.25) is 10.0 Å². The van der Waals surface area contributed by atoms with Gasteiger partial charge in [0.15, 0.2) is 11.6 Å². The number of aliphatic carboxylic acids is 1. The molecule has 2 aromatic rings. The van der Waals surface area contributed by atoms with Gasteiger partial charge in [-0.25, -0.2) is 26.7 Å². The number of halogens is 5. The fourth-order valence-electron chi connectivity index (χ4n) is 3.11. The maximum absolute atomic E-state index is 13.4. The Hall–Kier alpha value is -2.58. The Morgan fingerprint density at radius 3 is 2.47 bits per heavy atom. The summed E-state index contributed by atoms with van der Waals surface area (Å²) in [5, 5.41) is 11.4. The number of aromatic nitrogens is 2. The number of rotatable bonds is 6. The number of nitrogens with one attached hydrogen (secondary N) is 1. The molecule has 0 amide bonds. The molecule has 0 saturated carbocycles. The molecule has 1 aliphatic heterocycles. The zero-order chi connectivity index (χ0) is 24.1. The van der Waals surface area contributed by atoms with E-state index in [9.17, 15) is 30.4 Å². The van der Waals surface area contributed by atoms with Crippen molar-refractivity contribution < 1.29 is 40.3 Å². The van der Waals surface area contributed by atoms with Crippen molar-refractivity contribution in [2.75, 3.05) is 19.3 Å². The second kappa shape index (κ2) is 10.4. The molecule has 0 radical (unpaired) electrons. The fourth-order valence-corrected chi connectivity index (χ4v) is 3.59. The van der Waals surface area contributed by atoms with E-state index in [0.717, 1.165) is 18.0 Å². The molecular weight excluding hydrogens is 463 g/mol. The fraction of sp³-hybridized carbons (Fsp3) is 0.444. The Bertz CT molecular complexity index is 1040. The first-order valence-corrected chi connectivity index (χ1v) is 11.1. The molecule has 14 heteroatoms. The van der Waals surface area contributed by atoms with Gasteiger partial charge in [0.25, 0.3) is 0 Å². The van der Waals surface area contributed by atoms with Gasteiger partial charge in [0.1, 0.15) is 0 Å². The van der Waals surface area contributed by atoms with Gasteiger partial charge < -0.3 is 5.11 Å². The maximum Gasteiger partial charge on any atom is 0.490 e. The minimum absolute atomic E-state index is 0.0123. The number of benzene rings is 1. The van der Waals surface area contributed by atoms with Crippen molar-refractivity contribution in [3.8, 4) is 0 Å². The van der Waals surface area contributed by atoms with Crippen LogP contribution in [0.2, 0.25) is 0 Å². The highest BCUT2D eigenvalue weighted by Gasteiger charge is 2.38. The van der Waals surface area contributed by atoms with Crippen LogP contribution >= 0.6 is 0 Å². The summed E-state index contributed by atoms with van der Waals surface area (Å²) in [5.74, 6) is -4.47. The molecule has 0 fully saturated rings. The maximum atomic E-state index is 13.4. The SMILES string of the molecule is CS(=O)(=O)NCCC1CN(Cc2ccc(F)c(F)c2)Cc2ccnn21.O=C(O)C(F)(F)F. The molecular formula is C18H21F5N4O4S. The van der Waals surface area contributed by atoms with E-state index < -0.39 is 33.8 Å². The molecule has 178 valence electrons. The van der Waals surface area contributed by atoms with Crippen LogP contribution < -0.4 is 4.72 Å². The van der Waals surface area contributed by atoms with Crippen LogP contribution in [0, 0.1) is 11.6 Å². The minimum Gasteiger partial charge on any atom is -0.475 e. The Kier molecular flexibility index (Phi) is 8.31. The van der Waals surface area contributed by atoms with Crippen LogP contribution in [0.5, 0.6) is 0 Å². The van der Waals surface area contributed by atoms with Gasteiger partial charge in [0.05, 0.1) is 18.0 Å². The van der Waals surface area contributed by atoms with Crippen molar-refractivity contribution in [1.82, 2.24) is 19.4 Å². The highest BCUT2D eigenvalue weighted by atomic mass is 32.2. The second-order valence-corrected chi connectivity index (χ2v) is 8.93. The van der Waals surface area contributed by atoms with Gasteiger partial charge >= 0.3 is 12.1 Å². The molecule has 2 heterocycles. The zero-order valence-corrected chi connectivity index (χ0v) is 17.6. The summed E-state index contributed by atoms with van der Waals surface area (Å²) < 4.78 is 85.1. The average molecular weight is 484 g/mol. The van der Waals surface area contributed by atoms with Gasteiger partial charge in [-0.1, -0.05) is 6.07 Å². The van der Waals surface area contributed by atoms with Crippen molar-refractivity contribution >= 4 is 16.0 Å². The van der Waals surface area contributed by atoms with Gasteiger partial charge in [-0.3, -0.25) is 9.58 Å².